The second-order valence-electron chi connectivity index (χ2n) is 4.29. The summed E-state index contributed by atoms with van der Waals surface area (Å²) in [5, 5.41) is 18.5. The van der Waals surface area contributed by atoms with Crippen LogP contribution in [-0.4, -0.2) is 36.3 Å². The molecule has 0 aliphatic heterocycles. The summed E-state index contributed by atoms with van der Waals surface area (Å²) in [4.78, 5) is 14.2. The third-order valence-electron chi connectivity index (χ3n) is 2.61. The Morgan fingerprint density at radius 3 is 2.54 bits per heavy atom. The van der Waals surface area contributed by atoms with Gasteiger partial charge in [-0.1, -0.05) is 4.80 Å². The van der Waals surface area contributed by atoms with Gasteiger partial charge in [-0.15, -0.1) is 10.2 Å². The maximum absolute atomic E-state index is 12.6. The van der Waals surface area contributed by atoms with Crippen LogP contribution in [0.1, 0.15) is 34.1 Å². The number of carboxylic acids is 1. The number of aromatic nitrogens is 5. The van der Waals surface area contributed by atoms with Crippen molar-refractivity contribution in [2.24, 2.45) is 0 Å². The zero-order chi connectivity index (χ0) is 17.9. The van der Waals surface area contributed by atoms with Crippen LogP contribution in [0, 0.1) is 0 Å². The lowest BCUT2D eigenvalue weighted by Crippen LogP contribution is -2.14. The van der Waals surface area contributed by atoms with Crippen molar-refractivity contribution in [2.45, 2.75) is 25.9 Å². The van der Waals surface area contributed by atoms with Crippen LogP contribution in [0.5, 0.6) is 0 Å². The molecule has 0 spiro atoms. The van der Waals surface area contributed by atoms with Crippen LogP contribution in [0.4, 0.5) is 22.0 Å². The van der Waals surface area contributed by atoms with Crippen molar-refractivity contribution in [3.8, 4) is 0 Å². The average molecular weight is 353 g/mol. The lowest BCUT2D eigenvalue weighted by Gasteiger charge is -2.10. The van der Waals surface area contributed by atoms with Crippen LogP contribution in [0.25, 0.3) is 0 Å². The summed E-state index contributed by atoms with van der Waals surface area (Å²) >= 11 is 0. The molecule has 0 saturated heterocycles. The normalized spacial score (nSPS) is 11.9. The average Bonchev–Trinajstić information content (AvgIpc) is 2.95. The molecule has 130 valence electrons. The Morgan fingerprint density at radius 2 is 2.00 bits per heavy atom. The van der Waals surface area contributed by atoms with Gasteiger partial charge in [0.25, 0.3) is 0 Å². The van der Waals surface area contributed by atoms with Crippen LogP contribution in [0.3, 0.4) is 0 Å². The van der Waals surface area contributed by atoms with Crippen molar-refractivity contribution in [1.29, 1.82) is 0 Å². The number of carboxylic acid groups (broad SMARTS) is 1. The van der Waals surface area contributed by atoms with Gasteiger partial charge in [0.2, 0.25) is 5.82 Å². The molecule has 0 bridgehead atoms. The molecule has 2 heterocycles. The minimum atomic E-state index is -4.76. The van der Waals surface area contributed by atoms with Crippen molar-refractivity contribution in [3.05, 3.63) is 34.9 Å². The Balaban J connectivity index is 2.10. The SMILES string of the molecule is O=C(O)c1ccc(C(F)(F)F)nc1COCc1nnn(C(F)F)n1. The smallest absolute Gasteiger partial charge is 0.433 e. The van der Waals surface area contributed by atoms with E-state index in [0.29, 0.717) is 6.07 Å². The van der Waals surface area contributed by atoms with Gasteiger partial charge in [0.05, 0.1) is 17.9 Å². The van der Waals surface area contributed by atoms with Crippen molar-refractivity contribution >= 4 is 5.97 Å². The summed E-state index contributed by atoms with van der Waals surface area (Å²) in [6, 6.07) is 1.28. The number of pyridine rings is 1. The molecule has 0 saturated carbocycles. The van der Waals surface area contributed by atoms with Crippen molar-refractivity contribution in [3.63, 3.8) is 0 Å². The lowest BCUT2D eigenvalue weighted by atomic mass is 10.1. The van der Waals surface area contributed by atoms with Crippen LogP contribution >= 0.6 is 0 Å². The van der Waals surface area contributed by atoms with Crippen LogP contribution in [0.2, 0.25) is 0 Å². The summed E-state index contributed by atoms with van der Waals surface area (Å²) in [6.07, 6.45) is -4.76. The topological polar surface area (TPSA) is 103 Å². The van der Waals surface area contributed by atoms with Crippen LogP contribution in [-0.2, 0) is 24.1 Å². The second-order valence-corrected chi connectivity index (χ2v) is 4.29. The van der Waals surface area contributed by atoms with E-state index in [0.717, 1.165) is 6.07 Å². The fraction of sp³-hybridized carbons (Fsp3) is 0.364. The van der Waals surface area contributed by atoms with Gasteiger partial charge in [-0.3, -0.25) is 0 Å². The molecular weight excluding hydrogens is 345 g/mol. The van der Waals surface area contributed by atoms with E-state index in [1.54, 1.807) is 0 Å². The minimum absolute atomic E-state index is 0.0178. The molecule has 0 fully saturated rings. The summed E-state index contributed by atoms with van der Waals surface area (Å²) in [5.41, 5.74) is -2.24. The summed E-state index contributed by atoms with van der Waals surface area (Å²) in [7, 11) is 0. The van der Waals surface area contributed by atoms with Crippen LogP contribution < -0.4 is 0 Å². The molecule has 2 aromatic heterocycles. The molecule has 0 aliphatic carbocycles. The Bertz CT molecular complexity index is 733. The standard InChI is InChI=1S/C11H8F5N5O3/c12-10(13)21-19-8(18-20-21)4-24-3-6-5(9(22)23)1-2-7(17-6)11(14,15)16/h1-2,10H,3-4H2,(H,22,23). The van der Waals surface area contributed by atoms with Gasteiger partial charge >= 0.3 is 18.7 Å². The maximum atomic E-state index is 12.6. The number of nitrogens with zero attached hydrogens (tertiary/aromatic N) is 5. The molecule has 1 N–H and O–H groups in total. The molecule has 0 unspecified atom stereocenters. The number of aromatic carboxylic acids is 1. The molecule has 0 atom stereocenters. The number of ether oxygens (including phenoxy) is 1. The monoisotopic (exact) mass is 353 g/mol. The maximum Gasteiger partial charge on any atom is 0.433 e. The number of rotatable bonds is 6. The van der Waals surface area contributed by atoms with Gasteiger partial charge < -0.3 is 9.84 Å². The molecular formula is C11H8F5N5O3. The summed E-state index contributed by atoms with van der Waals surface area (Å²) in [5.74, 6) is -1.74. The van der Waals surface area contributed by atoms with Gasteiger partial charge in [0.1, 0.15) is 12.3 Å². The van der Waals surface area contributed by atoms with Crippen molar-refractivity contribution in [2.75, 3.05) is 0 Å². The fourth-order valence-electron chi connectivity index (χ4n) is 1.60. The summed E-state index contributed by atoms with van der Waals surface area (Å²) in [6.45, 7) is -4.09. The number of halogens is 5. The fourth-order valence-corrected chi connectivity index (χ4v) is 1.60. The van der Waals surface area contributed by atoms with Gasteiger partial charge in [-0.25, -0.2) is 9.78 Å². The van der Waals surface area contributed by atoms with E-state index < -0.39 is 48.9 Å². The molecule has 0 aliphatic rings. The second kappa shape index (κ2) is 6.82. The Morgan fingerprint density at radius 1 is 1.29 bits per heavy atom. The number of hydrogen-bond acceptors (Lipinski definition) is 6. The predicted molar refractivity (Wildman–Crippen MR) is 63.8 cm³/mol. The number of carbonyl (C=O) groups is 1. The molecule has 0 aromatic carbocycles. The Hall–Kier alpha value is -2.70. The molecule has 8 nitrogen and oxygen atoms in total. The first-order chi connectivity index (χ1) is 11.2. The third kappa shape index (κ3) is 4.18. The van der Waals surface area contributed by atoms with E-state index in [1.807, 2.05) is 0 Å². The number of alkyl halides is 5. The first-order valence-electron chi connectivity index (χ1n) is 6.13. The largest absolute Gasteiger partial charge is 0.478 e. The van der Waals surface area contributed by atoms with Crippen LogP contribution in [0.15, 0.2) is 12.1 Å². The highest BCUT2D eigenvalue weighted by Gasteiger charge is 2.33. The Kier molecular flexibility index (Phi) is 5.02. The quantitative estimate of drug-likeness (QED) is 0.791. The molecule has 13 heteroatoms. The molecule has 2 rings (SSSR count). The molecule has 24 heavy (non-hydrogen) atoms. The molecule has 2 aromatic rings. The van der Waals surface area contributed by atoms with E-state index in [4.69, 9.17) is 9.84 Å². The molecule has 0 amide bonds. The highest BCUT2D eigenvalue weighted by atomic mass is 19.4. The first-order valence-corrected chi connectivity index (χ1v) is 6.13. The highest BCUT2D eigenvalue weighted by molar-refractivity contribution is 5.88. The van der Waals surface area contributed by atoms with E-state index >= 15 is 0 Å². The molecule has 0 radical (unpaired) electrons. The zero-order valence-corrected chi connectivity index (χ0v) is 11.5. The number of tetrazole rings is 1. The Labute approximate surface area is 129 Å². The summed E-state index contributed by atoms with van der Waals surface area (Å²) < 4.78 is 67.3. The van der Waals surface area contributed by atoms with E-state index in [2.05, 4.69) is 20.4 Å². The minimum Gasteiger partial charge on any atom is -0.478 e. The van der Waals surface area contributed by atoms with Crippen molar-refractivity contribution < 1.29 is 36.6 Å². The lowest BCUT2D eigenvalue weighted by molar-refractivity contribution is -0.141. The van der Waals surface area contributed by atoms with Gasteiger partial charge in [0.15, 0.2) is 0 Å². The van der Waals surface area contributed by atoms with Gasteiger partial charge in [-0.05, 0) is 17.3 Å². The zero-order valence-electron chi connectivity index (χ0n) is 11.5. The van der Waals surface area contributed by atoms with E-state index in [-0.39, 0.29) is 10.6 Å². The van der Waals surface area contributed by atoms with E-state index in [9.17, 15) is 26.7 Å². The first kappa shape index (κ1) is 17.7. The van der Waals surface area contributed by atoms with Crippen molar-refractivity contribution in [1.82, 2.24) is 25.2 Å². The number of hydrogen-bond donors (Lipinski definition) is 1. The van der Waals surface area contributed by atoms with Gasteiger partial charge in [0, 0.05) is 0 Å². The predicted octanol–water partition coefficient (Wildman–Crippen LogP) is 1.90. The highest BCUT2D eigenvalue weighted by Crippen LogP contribution is 2.28. The van der Waals surface area contributed by atoms with Gasteiger partial charge in [-0.2, -0.15) is 22.0 Å². The third-order valence-corrected chi connectivity index (χ3v) is 2.61. The van der Waals surface area contributed by atoms with E-state index in [1.165, 1.54) is 0 Å².